The van der Waals surface area contributed by atoms with Crippen molar-refractivity contribution in [3.05, 3.63) is 21.7 Å². The molecule has 0 aliphatic carbocycles. The van der Waals surface area contributed by atoms with Crippen LogP contribution in [0.4, 0.5) is 11.6 Å². The SMILES string of the molecule is O=[N+]([O-])c1c(NCCN2CCNCC2)nc2sccn12. The Hall–Kier alpha value is -1.71. The molecule has 2 N–H and O–H groups in total. The Balaban J connectivity index is 1.66. The molecule has 0 radical (unpaired) electrons. The average molecular weight is 296 g/mol. The number of fused-ring (bicyclic) bond motifs is 1. The lowest BCUT2D eigenvalue weighted by atomic mass is 10.3. The zero-order chi connectivity index (χ0) is 13.9. The molecule has 8 nitrogen and oxygen atoms in total. The van der Waals surface area contributed by atoms with Crippen LogP contribution in [-0.4, -0.2) is 58.5 Å². The number of hydrogen-bond acceptors (Lipinski definition) is 7. The molecule has 1 aliphatic heterocycles. The van der Waals surface area contributed by atoms with Crippen molar-refractivity contribution in [1.29, 1.82) is 0 Å². The second kappa shape index (κ2) is 5.73. The summed E-state index contributed by atoms with van der Waals surface area (Å²) in [7, 11) is 0. The third kappa shape index (κ3) is 2.60. The van der Waals surface area contributed by atoms with Crippen LogP contribution in [0.1, 0.15) is 0 Å². The van der Waals surface area contributed by atoms with Crippen LogP contribution in [0.5, 0.6) is 0 Å². The molecular formula is C11H16N6O2S. The van der Waals surface area contributed by atoms with Crippen LogP contribution in [0.25, 0.3) is 4.96 Å². The number of piperazine rings is 1. The van der Waals surface area contributed by atoms with Crippen LogP contribution in [0.15, 0.2) is 11.6 Å². The van der Waals surface area contributed by atoms with Gasteiger partial charge in [-0.1, -0.05) is 11.3 Å². The second-order valence-corrected chi connectivity index (χ2v) is 5.49. The number of hydrogen-bond donors (Lipinski definition) is 2. The molecule has 0 unspecified atom stereocenters. The predicted octanol–water partition coefficient (Wildman–Crippen LogP) is 0.621. The van der Waals surface area contributed by atoms with Crippen LogP contribution in [0, 0.1) is 10.1 Å². The third-order valence-corrected chi connectivity index (χ3v) is 4.10. The van der Waals surface area contributed by atoms with Gasteiger partial charge in [-0.05, 0) is 4.92 Å². The summed E-state index contributed by atoms with van der Waals surface area (Å²) in [5.74, 6) is 0.374. The first-order chi connectivity index (χ1) is 9.75. The maximum Gasteiger partial charge on any atom is 0.372 e. The molecular weight excluding hydrogens is 280 g/mol. The van der Waals surface area contributed by atoms with Crippen LogP contribution in [0.3, 0.4) is 0 Å². The molecule has 2 aromatic rings. The van der Waals surface area contributed by atoms with Crippen LogP contribution in [-0.2, 0) is 0 Å². The van der Waals surface area contributed by atoms with Crippen LogP contribution in [0.2, 0.25) is 0 Å². The Morgan fingerprint density at radius 3 is 3.05 bits per heavy atom. The lowest BCUT2D eigenvalue weighted by Gasteiger charge is -2.26. The van der Waals surface area contributed by atoms with Gasteiger partial charge < -0.3 is 20.7 Å². The van der Waals surface area contributed by atoms with Crippen LogP contribution >= 0.6 is 11.3 Å². The summed E-state index contributed by atoms with van der Waals surface area (Å²) < 4.78 is 1.51. The highest BCUT2D eigenvalue weighted by atomic mass is 32.1. The first kappa shape index (κ1) is 13.3. The molecule has 2 aromatic heterocycles. The van der Waals surface area contributed by atoms with Gasteiger partial charge in [0.1, 0.15) is 6.20 Å². The first-order valence-electron chi connectivity index (χ1n) is 6.52. The van der Waals surface area contributed by atoms with E-state index in [1.54, 1.807) is 11.6 Å². The summed E-state index contributed by atoms with van der Waals surface area (Å²) in [4.78, 5) is 18.0. The number of thiazole rings is 1. The predicted molar refractivity (Wildman–Crippen MR) is 77.5 cm³/mol. The molecule has 1 aliphatic rings. The van der Waals surface area contributed by atoms with Crippen molar-refractivity contribution in [1.82, 2.24) is 19.6 Å². The molecule has 9 heteroatoms. The van der Waals surface area contributed by atoms with E-state index in [4.69, 9.17) is 0 Å². The van der Waals surface area contributed by atoms with Crippen molar-refractivity contribution in [3.63, 3.8) is 0 Å². The van der Waals surface area contributed by atoms with E-state index in [1.165, 1.54) is 15.7 Å². The minimum atomic E-state index is -0.389. The van der Waals surface area contributed by atoms with Gasteiger partial charge in [-0.15, -0.1) is 0 Å². The number of aromatic nitrogens is 2. The normalized spacial score (nSPS) is 16.6. The first-order valence-corrected chi connectivity index (χ1v) is 7.40. The Kier molecular flexibility index (Phi) is 3.81. The molecule has 0 saturated carbocycles. The average Bonchev–Trinajstić information content (AvgIpc) is 2.99. The van der Waals surface area contributed by atoms with Crippen LogP contribution < -0.4 is 10.6 Å². The van der Waals surface area contributed by atoms with Gasteiger partial charge >= 0.3 is 5.82 Å². The summed E-state index contributed by atoms with van der Waals surface area (Å²) in [5.41, 5.74) is 0. The van der Waals surface area contributed by atoms with Crippen molar-refractivity contribution < 1.29 is 4.92 Å². The van der Waals surface area contributed by atoms with Crippen molar-refractivity contribution in [2.45, 2.75) is 0 Å². The third-order valence-electron chi connectivity index (χ3n) is 3.34. The quantitative estimate of drug-likeness (QED) is 0.621. The van der Waals surface area contributed by atoms with E-state index in [2.05, 4.69) is 20.5 Å². The number of nitrogens with zero attached hydrogens (tertiary/aromatic N) is 4. The van der Waals surface area contributed by atoms with E-state index in [9.17, 15) is 10.1 Å². The maximum atomic E-state index is 11.2. The second-order valence-electron chi connectivity index (χ2n) is 4.62. The largest absolute Gasteiger partial charge is 0.372 e. The zero-order valence-electron chi connectivity index (χ0n) is 10.9. The lowest BCUT2D eigenvalue weighted by molar-refractivity contribution is -0.389. The Labute approximate surface area is 119 Å². The zero-order valence-corrected chi connectivity index (χ0v) is 11.7. The molecule has 3 heterocycles. The Morgan fingerprint density at radius 2 is 2.30 bits per heavy atom. The van der Waals surface area contributed by atoms with Crippen molar-refractivity contribution in [3.8, 4) is 0 Å². The summed E-state index contributed by atoms with van der Waals surface area (Å²) in [6.45, 7) is 5.56. The van der Waals surface area contributed by atoms with E-state index >= 15 is 0 Å². The van der Waals surface area contributed by atoms with E-state index in [-0.39, 0.29) is 10.7 Å². The van der Waals surface area contributed by atoms with Gasteiger partial charge in [0.15, 0.2) is 0 Å². The molecule has 1 saturated heterocycles. The Bertz CT molecular complexity index is 603. The number of anilines is 1. The minimum absolute atomic E-state index is 0.0153. The number of nitrogens with one attached hydrogen (secondary N) is 2. The molecule has 0 aromatic carbocycles. The monoisotopic (exact) mass is 296 g/mol. The number of nitro groups is 1. The fourth-order valence-corrected chi connectivity index (χ4v) is 3.04. The topological polar surface area (TPSA) is 87.7 Å². The van der Waals surface area contributed by atoms with E-state index in [0.717, 1.165) is 32.7 Å². The van der Waals surface area contributed by atoms with Crippen molar-refractivity contribution in [2.24, 2.45) is 0 Å². The van der Waals surface area contributed by atoms with Gasteiger partial charge in [-0.25, -0.2) is 0 Å². The molecule has 20 heavy (non-hydrogen) atoms. The van der Waals surface area contributed by atoms with Crippen molar-refractivity contribution in [2.75, 3.05) is 44.6 Å². The molecule has 0 amide bonds. The highest BCUT2D eigenvalue weighted by Gasteiger charge is 2.23. The van der Waals surface area contributed by atoms with E-state index in [1.807, 2.05) is 0 Å². The molecule has 0 bridgehead atoms. The highest BCUT2D eigenvalue weighted by molar-refractivity contribution is 7.15. The Morgan fingerprint density at radius 1 is 1.50 bits per heavy atom. The standard InChI is InChI=1S/C11H16N6O2S/c18-17(19)10-9(14-11-16(10)7-8-20-11)13-3-6-15-4-1-12-2-5-15/h7-8,12-13H,1-6H2. The summed E-state index contributed by atoms with van der Waals surface area (Å²) in [6, 6.07) is 0. The van der Waals surface area contributed by atoms with Gasteiger partial charge in [0.05, 0.1) is 0 Å². The van der Waals surface area contributed by atoms with Gasteiger partial charge in [-0.2, -0.15) is 9.38 Å². The molecule has 3 rings (SSSR count). The minimum Gasteiger partial charge on any atom is -0.362 e. The number of imidazole rings is 1. The summed E-state index contributed by atoms with van der Waals surface area (Å²) in [5, 5.41) is 19.3. The fourth-order valence-electron chi connectivity index (χ4n) is 2.33. The molecule has 108 valence electrons. The summed E-state index contributed by atoms with van der Waals surface area (Å²) >= 11 is 1.39. The molecule has 1 fully saturated rings. The van der Waals surface area contributed by atoms with Gasteiger partial charge in [0, 0.05) is 44.6 Å². The highest BCUT2D eigenvalue weighted by Crippen LogP contribution is 2.27. The summed E-state index contributed by atoms with van der Waals surface area (Å²) in [6.07, 6.45) is 1.67. The van der Waals surface area contributed by atoms with Gasteiger partial charge in [0.25, 0.3) is 4.96 Å². The lowest BCUT2D eigenvalue weighted by Crippen LogP contribution is -2.45. The smallest absolute Gasteiger partial charge is 0.362 e. The van der Waals surface area contributed by atoms with Crippen molar-refractivity contribution >= 4 is 27.9 Å². The fraction of sp³-hybridized carbons (Fsp3) is 0.545. The maximum absolute atomic E-state index is 11.2. The molecule has 0 atom stereocenters. The van der Waals surface area contributed by atoms with Gasteiger partial charge in [0.2, 0.25) is 5.82 Å². The van der Waals surface area contributed by atoms with E-state index in [0.29, 0.717) is 17.3 Å². The van der Waals surface area contributed by atoms with Gasteiger partial charge in [-0.3, -0.25) is 4.90 Å². The number of rotatable bonds is 5. The molecule has 0 spiro atoms. The van der Waals surface area contributed by atoms with E-state index < -0.39 is 0 Å².